The molecule has 0 bridgehead atoms. The molecule has 0 amide bonds. The van der Waals surface area contributed by atoms with Crippen LogP contribution in [0.3, 0.4) is 0 Å². The van der Waals surface area contributed by atoms with Gasteiger partial charge in [0, 0.05) is 37.2 Å². The normalized spacial score (nSPS) is 20.6. The van der Waals surface area contributed by atoms with Gasteiger partial charge in [-0.15, -0.1) is 0 Å². The second kappa shape index (κ2) is 8.20. The number of rotatable bonds is 5. The molecule has 2 aromatic rings. The van der Waals surface area contributed by atoms with Crippen molar-refractivity contribution < 1.29 is 28.2 Å². The Bertz CT molecular complexity index is 966. The Morgan fingerprint density at radius 1 is 1.00 bits per heavy atom. The van der Waals surface area contributed by atoms with Crippen molar-refractivity contribution in [2.75, 3.05) is 6.54 Å². The number of hydrogen-bond donors (Lipinski definition) is 0. The quantitative estimate of drug-likeness (QED) is 0.558. The number of ketones is 1. The molecule has 0 aliphatic carbocycles. The highest BCUT2D eigenvalue weighted by Gasteiger charge is 2.56. The largest absolute Gasteiger partial charge is 0.405 e. The van der Waals surface area contributed by atoms with Crippen LogP contribution in [0.4, 0.5) is 4.39 Å². The molecule has 154 valence electrons. The van der Waals surface area contributed by atoms with Crippen molar-refractivity contribution in [2.45, 2.75) is 25.3 Å². The topological polar surface area (TPSA) is 72.9 Å². The third-order valence-corrected chi connectivity index (χ3v) is 5.37. The second-order valence-corrected chi connectivity index (χ2v) is 7.33. The SMILES string of the molecule is O=C1C=CC(=O)OC2(O1)C(CC(=O)c1ccc(F)cc1)CCN2Cc1ccccc1. The first-order valence-electron chi connectivity index (χ1n) is 9.68. The number of nitrogens with zero attached hydrogens (tertiary/aromatic N) is 1. The summed E-state index contributed by atoms with van der Waals surface area (Å²) in [5.74, 6) is -4.34. The van der Waals surface area contributed by atoms with Crippen molar-refractivity contribution in [1.82, 2.24) is 4.90 Å². The number of halogens is 1. The van der Waals surface area contributed by atoms with E-state index in [1.807, 2.05) is 30.3 Å². The standard InChI is InChI=1S/C23H20FNO5/c24-19-8-6-17(7-9-19)20(26)14-18-12-13-25(15-16-4-2-1-3-5-16)23(18)29-21(27)10-11-22(28)30-23/h1-11,18H,12-15H2. The van der Waals surface area contributed by atoms with Gasteiger partial charge in [0.1, 0.15) is 5.82 Å². The zero-order valence-electron chi connectivity index (χ0n) is 16.1. The molecule has 1 unspecified atom stereocenters. The molecule has 2 aliphatic heterocycles. The van der Waals surface area contributed by atoms with Crippen LogP contribution in [-0.2, 0) is 25.6 Å². The van der Waals surface area contributed by atoms with E-state index < -0.39 is 29.6 Å². The lowest BCUT2D eigenvalue weighted by molar-refractivity contribution is -0.288. The molecule has 0 aromatic heterocycles. The maximum atomic E-state index is 13.2. The average Bonchev–Trinajstić information content (AvgIpc) is 2.94. The van der Waals surface area contributed by atoms with Crippen molar-refractivity contribution in [2.24, 2.45) is 5.92 Å². The van der Waals surface area contributed by atoms with Gasteiger partial charge in [-0.1, -0.05) is 30.3 Å². The number of Topliss-reactive ketones (excluding diaryl/α,β-unsaturated/α-hetero) is 1. The highest BCUT2D eigenvalue weighted by molar-refractivity contribution is 5.96. The number of ether oxygens (including phenoxy) is 2. The molecule has 1 saturated heterocycles. The van der Waals surface area contributed by atoms with Crippen molar-refractivity contribution in [3.63, 3.8) is 0 Å². The van der Waals surface area contributed by atoms with Crippen LogP contribution >= 0.6 is 0 Å². The number of hydrogen-bond acceptors (Lipinski definition) is 6. The van der Waals surface area contributed by atoms with E-state index in [9.17, 15) is 18.8 Å². The summed E-state index contributed by atoms with van der Waals surface area (Å²) in [5.41, 5.74) is 1.30. The Morgan fingerprint density at radius 3 is 2.27 bits per heavy atom. The van der Waals surface area contributed by atoms with Crippen LogP contribution < -0.4 is 0 Å². The highest BCUT2D eigenvalue weighted by atomic mass is 19.1. The van der Waals surface area contributed by atoms with Gasteiger partial charge in [0.25, 0.3) is 0 Å². The molecule has 2 heterocycles. The summed E-state index contributed by atoms with van der Waals surface area (Å²) in [6, 6.07) is 14.8. The van der Waals surface area contributed by atoms with E-state index >= 15 is 0 Å². The third kappa shape index (κ3) is 4.02. The minimum absolute atomic E-state index is 0.0164. The molecule has 2 aromatic carbocycles. The first kappa shape index (κ1) is 20.0. The van der Waals surface area contributed by atoms with E-state index in [0.29, 0.717) is 25.1 Å². The van der Waals surface area contributed by atoms with Crippen molar-refractivity contribution in [1.29, 1.82) is 0 Å². The number of carbonyl (C=O) groups is 3. The fourth-order valence-corrected chi connectivity index (χ4v) is 3.92. The van der Waals surface area contributed by atoms with Gasteiger partial charge in [-0.2, -0.15) is 0 Å². The fourth-order valence-electron chi connectivity index (χ4n) is 3.92. The molecule has 0 saturated carbocycles. The number of benzene rings is 2. The first-order chi connectivity index (χ1) is 14.5. The van der Waals surface area contributed by atoms with E-state index in [-0.39, 0.29) is 12.2 Å². The zero-order valence-corrected chi connectivity index (χ0v) is 16.1. The van der Waals surface area contributed by atoms with Crippen LogP contribution in [0.15, 0.2) is 66.7 Å². The Morgan fingerprint density at radius 2 is 1.63 bits per heavy atom. The summed E-state index contributed by atoms with van der Waals surface area (Å²) < 4.78 is 24.4. The molecule has 1 spiro atoms. The third-order valence-electron chi connectivity index (χ3n) is 5.37. The molecule has 1 fully saturated rings. The van der Waals surface area contributed by atoms with Crippen molar-refractivity contribution in [3.05, 3.63) is 83.7 Å². The predicted octanol–water partition coefficient (Wildman–Crippen LogP) is 3.23. The lowest BCUT2D eigenvalue weighted by atomic mass is 9.94. The molecule has 4 rings (SSSR count). The maximum absolute atomic E-state index is 13.2. The van der Waals surface area contributed by atoms with Crippen LogP contribution in [0.1, 0.15) is 28.8 Å². The van der Waals surface area contributed by atoms with E-state index in [1.54, 1.807) is 4.90 Å². The zero-order chi connectivity index (χ0) is 21.1. The number of carbonyl (C=O) groups excluding carboxylic acids is 3. The lowest BCUT2D eigenvalue weighted by Crippen LogP contribution is -2.53. The predicted molar refractivity (Wildman–Crippen MR) is 104 cm³/mol. The summed E-state index contributed by atoms with van der Waals surface area (Å²) in [7, 11) is 0. The summed E-state index contributed by atoms with van der Waals surface area (Å²) >= 11 is 0. The van der Waals surface area contributed by atoms with Gasteiger partial charge in [-0.25, -0.2) is 18.9 Å². The highest BCUT2D eigenvalue weighted by Crippen LogP contribution is 2.42. The Labute approximate surface area is 172 Å². The smallest absolute Gasteiger partial charge is 0.335 e. The fraction of sp³-hybridized carbons (Fsp3) is 0.261. The van der Waals surface area contributed by atoms with Gasteiger partial charge < -0.3 is 9.47 Å². The second-order valence-electron chi connectivity index (χ2n) is 7.33. The van der Waals surface area contributed by atoms with Crippen LogP contribution in [0.25, 0.3) is 0 Å². The monoisotopic (exact) mass is 409 g/mol. The van der Waals surface area contributed by atoms with Crippen LogP contribution in [0, 0.1) is 11.7 Å². The molecule has 30 heavy (non-hydrogen) atoms. The molecule has 0 N–H and O–H groups in total. The number of esters is 2. The van der Waals surface area contributed by atoms with Crippen molar-refractivity contribution in [3.8, 4) is 0 Å². The van der Waals surface area contributed by atoms with Crippen molar-refractivity contribution >= 4 is 17.7 Å². The van der Waals surface area contributed by atoms with E-state index in [4.69, 9.17) is 9.47 Å². The van der Waals surface area contributed by atoms with Gasteiger partial charge in [0.05, 0.1) is 5.92 Å². The Balaban J connectivity index is 1.63. The summed E-state index contributed by atoms with van der Waals surface area (Å²) in [5, 5.41) is 0. The van der Waals surface area contributed by atoms with E-state index in [2.05, 4.69) is 0 Å². The van der Waals surface area contributed by atoms with Crippen LogP contribution in [0.5, 0.6) is 0 Å². The maximum Gasteiger partial charge on any atom is 0.335 e. The minimum atomic E-state index is -1.68. The molecule has 2 aliphatic rings. The van der Waals surface area contributed by atoms with Gasteiger partial charge in [0.2, 0.25) is 0 Å². The van der Waals surface area contributed by atoms with Crippen LogP contribution in [0.2, 0.25) is 0 Å². The van der Waals surface area contributed by atoms with Gasteiger partial charge >= 0.3 is 17.8 Å². The molecular weight excluding hydrogens is 389 g/mol. The Hall–Kier alpha value is -3.32. The van der Waals surface area contributed by atoms with Gasteiger partial charge in [0.15, 0.2) is 5.78 Å². The summed E-state index contributed by atoms with van der Waals surface area (Å²) in [4.78, 5) is 39.1. The lowest BCUT2D eigenvalue weighted by Gasteiger charge is -2.38. The minimum Gasteiger partial charge on any atom is -0.405 e. The van der Waals surface area contributed by atoms with Crippen LogP contribution in [-0.4, -0.2) is 35.1 Å². The summed E-state index contributed by atoms with van der Waals surface area (Å²) in [6.45, 7) is 0.847. The molecule has 7 heteroatoms. The molecule has 6 nitrogen and oxygen atoms in total. The molecular formula is C23H20FNO5. The Kier molecular flexibility index (Phi) is 5.46. The molecule has 1 atom stereocenters. The van der Waals surface area contributed by atoms with Gasteiger partial charge in [-0.3, -0.25) is 4.79 Å². The molecule has 0 radical (unpaired) electrons. The number of likely N-dealkylation sites (tertiary alicyclic amines) is 1. The summed E-state index contributed by atoms with van der Waals surface area (Å²) in [6.07, 6.45) is 2.52. The van der Waals surface area contributed by atoms with E-state index in [0.717, 1.165) is 17.7 Å². The average molecular weight is 409 g/mol. The van der Waals surface area contributed by atoms with E-state index in [1.165, 1.54) is 24.3 Å². The van der Waals surface area contributed by atoms with Gasteiger partial charge in [-0.05, 0) is 36.2 Å². The first-order valence-corrected chi connectivity index (χ1v) is 9.68.